The molecule has 2 aromatic rings. The molecule has 1 aliphatic rings. The maximum Gasteiger partial charge on any atom is 0.270 e. The molecule has 0 aromatic heterocycles. The van der Waals surface area contributed by atoms with E-state index in [0.29, 0.717) is 21.5 Å². The molecule has 3 rings (SSSR count). The minimum atomic E-state index is -0.173. The second kappa shape index (κ2) is 7.55. The zero-order valence-corrected chi connectivity index (χ0v) is 14.8. The van der Waals surface area contributed by atoms with Crippen molar-refractivity contribution < 1.29 is 14.6 Å². The van der Waals surface area contributed by atoms with E-state index in [4.69, 9.17) is 17.0 Å². The maximum absolute atomic E-state index is 12.7. The van der Waals surface area contributed by atoms with Crippen LogP contribution in [0, 0.1) is 0 Å². The molecular formula is C19H15NO3S2. The highest BCUT2D eigenvalue weighted by molar-refractivity contribution is 8.27. The van der Waals surface area contributed by atoms with Crippen molar-refractivity contribution >= 4 is 46.0 Å². The van der Waals surface area contributed by atoms with Gasteiger partial charge in [0.25, 0.3) is 5.91 Å². The van der Waals surface area contributed by atoms with Gasteiger partial charge >= 0.3 is 0 Å². The van der Waals surface area contributed by atoms with E-state index in [1.165, 1.54) is 28.8 Å². The number of thioether (sulfide) groups is 1. The number of benzene rings is 2. The standard InChI is InChI=1S/C19H15NO3S2/c1-2-11-23-16-9-3-13(4-10-16)12-17-18(22)20(19(24)25-17)14-5-7-15(21)8-6-14/h2-10,12,21H,1,11H2. The van der Waals surface area contributed by atoms with Gasteiger partial charge in [-0.3, -0.25) is 9.69 Å². The van der Waals surface area contributed by atoms with Crippen LogP contribution in [0.2, 0.25) is 0 Å². The van der Waals surface area contributed by atoms with E-state index < -0.39 is 0 Å². The molecule has 126 valence electrons. The molecule has 0 unspecified atom stereocenters. The average molecular weight is 369 g/mol. The summed E-state index contributed by atoms with van der Waals surface area (Å²) in [5, 5.41) is 9.39. The second-order valence-corrected chi connectivity index (χ2v) is 6.88. The number of rotatable bonds is 5. The molecule has 0 saturated carbocycles. The van der Waals surface area contributed by atoms with Crippen LogP contribution in [0.25, 0.3) is 6.08 Å². The number of ether oxygens (including phenoxy) is 1. The lowest BCUT2D eigenvalue weighted by molar-refractivity contribution is -0.113. The molecule has 1 saturated heterocycles. The topological polar surface area (TPSA) is 49.8 Å². The Hall–Kier alpha value is -2.57. The number of carbonyl (C=O) groups excluding carboxylic acids is 1. The number of carbonyl (C=O) groups is 1. The van der Waals surface area contributed by atoms with Crippen LogP contribution in [0.3, 0.4) is 0 Å². The number of hydrogen-bond donors (Lipinski definition) is 1. The second-order valence-electron chi connectivity index (χ2n) is 5.20. The average Bonchev–Trinajstić information content (AvgIpc) is 2.89. The first-order valence-electron chi connectivity index (χ1n) is 7.49. The molecule has 2 aromatic carbocycles. The van der Waals surface area contributed by atoms with Crippen molar-refractivity contribution in [1.82, 2.24) is 0 Å². The van der Waals surface area contributed by atoms with Crippen molar-refractivity contribution in [2.75, 3.05) is 11.5 Å². The summed E-state index contributed by atoms with van der Waals surface area (Å²) in [6.45, 7) is 4.06. The van der Waals surface area contributed by atoms with Crippen molar-refractivity contribution in [3.63, 3.8) is 0 Å². The van der Waals surface area contributed by atoms with Gasteiger partial charge in [0, 0.05) is 0 Å². The lowest BCUT2D eigenvalue weighted by Crippen LogP contribution is -2.27. The van der Waals surface area contributed by atoms with Crippen LogP contribution in [-0.4, -0.2) is 21.9 Å². The van der Waals surface area contributed by atoms with E-state index >= 15 is 0 Å². The molecular weight excluding hydrogens is 354 g/mol. The Bertz CT molecular complexity index is 842. The molecule has 1 N–H and O–H groups in total. The number of nitrogens with zero attached hydrogens (tertiary/aromatic N) is 1. The highest BCUT2D eigenvalue weighted by atomic mass is 32.2. The predicted molar refractivity (Wildman–Crippen MR) is 106 cm³/mol. The van der Waals surface area contributed by atoms with Gasteiger partial charge in [0.15, 0.2) is 4.32 Å². The first-order valence-corrected chi connectivity index (χ1v) is 8.72. The minimum Gasteiger partial charge on any atom is -0.508 e. The van der Waals surface area contributed by atoms with E-state index in [1.807, 2.05) is 24.3 Å². The van der Waals surface area contributed by atoms with Gasteiger partial charge in [0.2, 0.25) is 0 Å². The third-order valence-corrected chi connectivity index (χ3v) is 4.75. The van der Waals surface area contributed by atoms with Crippen molar-refractivity contribution in [2.24, 2.45) is 0 Å². The van der Waals surface area contributed by atoms with Crippen LogP contribution in [0.5, 0.6) is 11.5 Å². The van der Waals surface area contributed by atoms with E-state index in [-0.39, 0.29) is 11.7 Å². The minimum absolute atomic E-state index is 0.142. The first-order chi connectivity index (χ1) is 12.1. The van der Waals surface area contributed by atoms with E-state index in [1.54, 1.807) is 24.3 Å². The Morgan fingerprint density at radius 2 is 1.84 bits per heavy atom. The van der Waals surface area contributed by atoms with E-state index in [9.17, 15) is 9.90 Å². The van der Waals surface area contributed by atoms with Crippen LogP contribution < -0.4 is 9.64 Å². The number of amides is 1. The van der Waals surface area contributed by atoms with Crippen LogP contribution in [-0.2, 0) is 4.79 Å². The van der Waals surface area contributed by atoms with Crippen LogP contribution in [0.1, 0.15) is 5.56 Å². The zero-order valence-electron chi connectivity index (χ0n) is 13.2. The van der Waals surface area contributed by atoms with Crippen LogP contribution in [0.15, 0.2) is 66.1 Å². The van der Waals surface area contributed by atoms with Crippen molar-refractivity contribution in [1.29, 1.82) is 0 Å². The Morgan fingerprint density at radius 3 is 2.48 bits per heavy atom. The number of aromatic hydroxyl groups is 1. The smallest absolute Gasteiger partial charge is 0.270 e. The lowest BCUT2D eigenvalue weighted by Gasteiger charge is -2.14. The highest BCUT2D eigenvalue weighted by Crippen LogP contribution is 2.36. The number of anilines is 1. The summed E-state index contributed by atoms with van der Waals surface area (Å²) >= 11 is 6.59. The largest absolute Gasteiger partial charge is 0.508 e. The van der Waals surface area contributed by atoms with Crippen molar-refractivity contribution in [2.45, 2.75) is 0 Å². The molecule has 1 heterocycles. The molecule has 0 bridgehead atoms. The normalized spacial score (nSPS) is 15.7. The molecule has 0 spiro atoms. The van der Waals surface area contributed by atoms with Crippen molar-refractivity contribution in [3.05, 3.63) is 71.7 Å². The van der Waals surface area contributed by atoms with Gasteiger partial charge in [-0.25, -0.2) is 0 Å². The van der Waals surface area contributed by atoms with Gasteiger partial charge in [-0.1, -0.05) is 48.8 Å². The Morgan fingerprint density at radius 1 is 1.16 bits per heavy atom. The maximum atomic E-state index is 12.7. The highest BCUT2D eigenvalue weighted by Gasteiger charge is 2.33. The summed E-state index contributed by atoms with van der Waals surface area (Å²) in [7, 11) is 0. The molecule has 1 fully saturated rings. The number of hydrogen-bond acceptors (Lipinski definition) is 5. The molecule has 1 amide bonds. The molecule has 1 aliphatic heterocycles. The molecule has 6 heteroatoms. The van der Waals surface area contributed by atoms with Crippen LogP contribution in [0.4, 0.5) is 5.69 Å². The molecule has 0 atom stereocenters. The van der Waals surface area contributed by atoms with E-state index in [2.05, 4.69) is 6.58 Å². The third-order valence-electron chi connectivity index (χ3n) is 3.45. The Labute approximate surface area is 155 Å². The van der Waals surface area contributed by atoms with Crippen LogP contribution >= 0.6 is 24.0 Å². The van der Waals surface area contributed by atoms with Gasteiger partial charge in [-0.15, -0.1) is 0 Å². The fourth-order valence-electron chi connectivity index (χ4n) is 2.26. The monoisotopic (exact) mass is 369 g/mol. The molecule has 4 nitrogen and oxygen atoms in total. The summed E-state index contributed by atoms with van der Waals surface area (Å²) in [6, 6.07) is 13.8. The third kappa shape index (κ3) is 3.92. The summed E-state index contributed by atoms with van der Waals surface area (Å²) in [4.78, 5) is 14.7. The fourth-order valence-corrected chi connectivity index (χ4v) is 3.56. The van der Waals surface area contributed by atoms with Gasteiger partial charge in [0.05, 0.1) is 10.6 Å². The quantitative estimate of drug-likeness (QED) is 0.482. The molecule has 0 radical (unpaired) electrons. The van der Waals surface area contributed by atoms with Gasteiger partial charge < -0.3 is 9.84 Å². The predicted octanol–water partition coefficient (Wildman–Crippen LogP) is 4.36. The first kappa shape index (κ1) is 17.3. The molecule has 25 heavy (non-hydrogen) atoms. The fraction of sp³-hybridized carbons (Fsp3) is 0.0526. The molecule has 0 aliphatic carbocycles. The van der Waals surface area contributed by atoms with Gasteiger partial charge in [-0.2, -0.15) is 0 Å². The zero-order chi connectivity index (χ0) is 17.8. The van der Waals surface area contributed by atoms with Gasteiger partial charge in [-0.05, 0) is 48.0 Å². The van der Waals surface area contributed by atoms with Gasteiger partial charge in [0.1, 0.15) is 18.1 Å². The number of phenols is 1. The SMILES string of the molecule is C=CCOc1ccc(C=C2SC(=S)N(c3ccc(O)cc3)C2=O)cc1. The summed E-state index contributed by atoms with van der Waals surface area (Å²) < 4.78 is 5.91. The lowest BCUT2D eigenvalue weighted by atomic mass is 10.2. The summed E-state index contributed by atoms with van der Waals surface area (Å²) in [5.74, 6) is 0.713. The summed E-state index contributed by atoms with van der Waals surface area (Å²) in [6.07, 6.45) is 3.49. The summed E-state index contributed by atoms with van der Waals surface area (Å²) in [5.41, 5.74) is 1.52. The number of thiocarbonyl (C=S) groups is 1. The van der Waals surface area contributed by atoms with E-state index in [0.717, 1.165) is 11.3 Å². The number of phenolic OH excluding ortho intramolecular Hbond substituents is 1. The van der Waals surface area contributed by atoms with Crippen molar-refractivity contribution in [3.8, 4) is 11.5 Å². The Kier molecular flexibility index (Phi) is 5.21. The Balaban J connectivity index is 1.80.